The SMILES string of the molecule is CN(C)CCn1ccc(-c2nc(C(=O)NCC3CCCO3)c3ccccn23)c1.O=C(O)C(F)(F)F. The minimum Gasteiger partial charge on any atom is -0.475 e. The Morgan fingerprint density at radius 3 is 2.63 bits per heavy atom. The molecule has 1 aliphatic rings. The van der Waals surface area contributed by atoms with E-state index >= 15 is 0 Å². The summed E-state index contributed by atoms with van der Waals surface area (Å²) in [6.07, 6.45) is 3.17. The summed E-state index contributed by atoms with van der Waals surface area (Å²) in [5, 5.41) is 10.1. The summed E-state index contributed by atoms with van der Waals surface area (Å²) in [6, 6.07) is 7.86. The fraction of sp³-hybridized carbons (Fsp3) is 0.435. The number of carbonyl (C=O) groups is 2. The third-order valence-corrected chi connectivity index (χ3v) is 5.33. The predicted molar refractivity (Wildman–Crippen MR) is 122 cm³/mol. The molecule has 35 heavy (non-hydrogen) atoms. The number of halogens is 3. The van der Waals surface area contributed by atoms with Crippen LogP contribution in [-0.4, -0.2) is 81.9 Å². The first-order valence-electron chi connectivity index (χ1n) is 11.0. The van der Waals surface area contributed by atoms with Crippen molar-refractivity contribution in [1.29, 1.82) is 0 Å². The third-order valence-electron chi connectivity index (χ3n) is 5.33. The molecule has 0 bridgehead atoms. The maximum atomic E-state index is 12.8. The molecule has 3 aromatic rings. The van der Waals surface area contributed by atoms with Crippen molar-refractivity contribution in [3.05, 3.63) is 48.5 Å². The lowest BCUT2D eigenvalue weighted by molar-refractivity contribution is -0.192. The number of nitrogens with one attached hydrogen (secondary N) is 1. The van der Waals surface area contributed by atoms with Gasteiger partial charge in [0.1, 0.15) is 5.82 Å². The first-order valence-corrected chi connectivity index (χ1v) is 11.0. The molecule has 9 nitrogen and oxygen atoms in total. The fourth-order valence-corrected chi connectivity index (χ4v) is 3.53. The van der Waals surface area contributed by atoms with Gasteiger partial charge in [-0.05, 0) is 45.1 Å². The highest BCUT2D eigenvalue weighted by Gasteiger charge is 2.38. The van der Waals surface area contributed by atoms with E-state index in [-0.39, 0.29) is 12.0 Å². The van der Waals surface area contributed by atoms with Crippen LogP contribution in [0.2, 0.25) is 0 Å². The lowest BCUT2D eigenvalue weighted by Crippen LogP contribution is -2.32. The number of hydrogen-bond donors (Lipinski definition) is 2. The summed E-state index contributed by atoms with van der Waals surface area (Å²) in [7, 11) is 4.13. The van der Waals surface area contributed by atoms with Gasteiger partial charge in [-0.15, -0.1) is 0 Å². The van der Waals surface area contributed by atoms with E-state index < -0.39 is 12.1 Å². The maximum Gasteiger partial charge on any atom is 0.490 e. The number of pyridine rings is 1. The molecule has 0 aliphatic carbocycles. The van der Waals surface area contributed by atoms with Crippen LogP contribution < -0.4 is 5.32 Å². The van der Waals surface area contributed by atoms with E-state index in [4.69, 9.17) is 19.6 Å². The van der Waals surface area contributed by atoms with Crippen LogP contribution in [0.15, 0.2) is 42.9 Å². The van der Waals surface area contributed by atoms with E-state index in [1.807, 2.05) is 34.9 Å². The Morgan fingerprint density at radius 2 is 2.00 bits per heavy atom. The Hall–Kier alpha value is -3.38. The zero-order valence-corrected chi connectivity index (χ0v) is 19.5. The summed E-state index contributed by atoms with van der Waals surface area (Å²) in [5.41, 5.74) is 2.26. The van der Waals surface area contributed by atoms with Crippen LogP contribution >= 0.6 is 0 Å². The fourth-order valence-electron chi connectivity index (χ4n) is 3.53. The number of aliphatic carboxylic acids is 1. The molecule has 2 N–H and O–H groups in total. The number of nitrogens with zero attached hydrogens (tertiary/aromatic N) is 4. The first kappa shape index (κ1) is 26.2. The van der Waals surface area contributed by atoms with Crippen LogP contribution in [-0.2, 0) is 16.1 Å². The van der Waals surface area contributed by atoms with E-state index in [1.54, 1.807) is 0 Å². The van der Waals surface area contributed by atoms with Gasteiger partial charge in [-0.1, -0.05) is 6.07 Å². The average Bonchev–Trinajstić information content (AvgIpc) is 3.55. The molecule has 12 heteroatoms. The van der Waals surface area contributed by atoms with Crippen LogP contribution in [0.4, 0.5) is 13.2 Å². The van der Waals surface area contributed by atoms with Gasteiger partial charge >= 0.3 is 12.1 Å². The molecule has 1 aliphatic heterocycles. The Kier molecular flexibility index (Phi) is 8.52. The van der Waals surface area contributed by atoms with Crippen molar-refractivity contribution in [3.63, 3.8) is 0 Å². The van der Waals surface area contributed by atoms with Gasteiger partial charge in [0.25, 0.3) is 5.91 Å². The lowest BCUT2D eigenvalue weighted by Gasteiger charge is -2.09. The largest absolute Gasteiger partial charge is 0.490 e. The molecule has 4 rings (SSSR count). The number of hydrogen-bond acceptors (Lipinski definition) is 5. The van der Waals surface area contributed by atoms with Crippen molar-refractivity contribution in [2.75, 3.05) is 33.8 Å². The first-order chi connectivity index (χ1) is 16.6. The molecular weight excluding hydrogens is 467 g/mol. The Morgan fingerprint density at radius 1 is 1.26 bits per heavy atom. The van der Waals surface area contributed by atoms with Gasteiger partial charge in [-0.3, -0.25) is 9.20 Å². The molecule has 1 saturated heterocycles. The van der Waals surface area contributed by atoms with Crippen molar-refractivity contribution in [3.8, 4) is 11.4 Å². The van der Waals surface area contributed by atoms with Crippen molar-refractivity contribution < 1.29 is 32.6 Å². The summed E-state index contributed by atoms with van der Waals surface area (Å²) >= 11 is 0. The molecule has 0 saturated carbocycles. The van der Waals surface area contributed by atoms with Crippen molar-refractivity contribution in [2.24, 2.45) is 0 Å². The molecule has 190 valence electrons. The van der Waals surface area contributed by atoms with E-state index in [2.05, 4.69) is 41.3 Å². The van der Waals surface area contributed by atoms with Crippen LogP contribution in [0.25, 0.3) is 16.9 Å². The number of carboxylic acids is 1. The standard InChI is InChI=1S/C21H27N5O2.C2HF3O2/c1-24(2)11-12-25-10-8-16(15-25)20-23-19(18-7-3-4-9-26(18)20)21(27)22-14-17-6-5-13-28-17;3-2(4,5)1(6)7/h3-4,7-10,15,17H,5-6,11-14H2,1-2H3,(H,22,27);(H,6,7). The van der Waals surface area contributed by atoms with E-state index in [1.165, 1.54) is 0 Å². The Bertz CT molecular complexity index is 1150. The van der Waals surface area contributed by atoms with E-state index in [9.17, 15) is 18.0 Å². The number of rotatable bonds is 7. The molecule has 0 aromatic carbocycles. The number of alkyl halides is 3. The monoisotopic (exact) mass is 495 g/mol. The normalized spacial score (nSPS) is 15.8. The van der Waals surface area contributed by atoms with Crippen molar-refractivity contribution >= 4 is 17.4 Å². The lowest BCUT2D eigenvalue weighted by atomic mass is 10.2. The summed E-state index contributed by atoms with van der Waals surface area (Å²) in [6.45, 7) is 3.18. The van der Waals surface area contributed by atoms with Crippen LogP contribution in [0.1, 0.15) is 23.3 Å². The van der Waals surface area contributed by atoms with Gasteiger partial charge < -0.3 is 24.6 Å². The topological polar surface area (TPSA) is 101 Å². The van der Waals surface area contributed by atoms with E-state index in [0.29, 0.717) is 12.2 Å². The number of amides is 1. The number of aromatic nitrogens is 3. The summed E-state index contributed by atoms with van der Waals surface area (Å²) in [5.74, 6) is -2.13. The summed E-state index contributed by atoms with van der Waals surface area (Å²) < 4.78 is 41.5. The second-order valence-corrected chi connectivity index (χ2v) is 8.33. The molecule has 0 spiro atoms. The van der Waals surface area contributed by atoms with Crippen LogP contribution in [0.5, 0.6) is 0 Å². The smallest absolute Gasteiger partial charge is 0.475 e. The summed E-state index contributed by atoms with van der Waals surface area (Å²) in [4.78, 5) is 28.5. The molecule has 0 radical (unpaired) electrons. The maximum absolute atomic E-state index is 12.8. The second kappa shape index (κ2) is 11.4. The molecule has 1 atom stereocenters. The highest BCUT2D eigenvalue weighted by Crippen LogP contribution is 2.23. The highest BCUT2D eigenvalue weighted by atomic mass is 19.4. The molecule has 1 fully saturated rings. The van der Waals surface area contributed by atoms with Gasteiger partial charge in [-0.25, -0.2) is 9.78 Å². The Labute approximate surface area is 200 Å². The van der Waals surface area contributed by atoms with E-state index in [0.717, 1.165) is 49.4 Å². The molecule has 1 unspecified atom stereocenters. The third kappa shape index (κ3) is 7.06. The highest BCUT2D eigenvalue weighted by molar-refractivity contribution is 6.00. The minimum absolute atomic E-state index is 0.114. The Balaban J connectivity index is 0.000000429. The minimum atomic E-state index is -5.08. The van der Waals surface area contributed by atoms with Gasteiger partial charge in [0.2, 0.25) is 0 Å². The molecular formula is C23H28F3N5O4. The number of carboxylic acid groups (broad SMARTS) is 1. The molecule has 3 aromatic heterocycles. The molecule has 4 heterocycles. The number of likely N-dealkylation sites (N-methyl/N-ethyl adjacent to an activating group) is 1. The average molecular weight is 496 g/mol. The van der Waals surface area contributed by atoms with Crippen molar-refractivity contribution in [1.82, 2.24) is 24.2 Å². The number of fused-ring (bicyclic) bond motifs is 1. The number of imidazole rings is 1. The van der Waals surface area contributed by atoms with Gasteiger partial charge in [0.05, 0.1) is 11.6 Å². The van der Waals surface area contributed by atoms with Gasteiger partial charge in [0, 0.05) is 50.4 Å². The van der Waals surface area contributed by atoms with Crippen molar-refractivity contribution in [2.45, 2.75) is 31.7 Å². The zero-order valence-electron chi connectivity index (χ0n) is 19.5. The van der Waals surface area contributed by atoms with Gasteiger partial charge in [-0.2, -0.15) is 13.2 Å². The quantitative estimate of drug-likeness (QED) is 0.523. The van der Waals surface area contributed by atoms with Crippen LogP contribution in [0, 0.1) is 0 Å². The molecule has 1 amide bonds. The number of carbonyl (C=O) groups excluding carboxylic acids is 1. The second-order valence-electron chi connectivity index (χ2n) is 8.33. The number of ether oxygens (including phenoxy) is 1. The predicted octanol–water partition coefficient (Wildman–Crippen LogP) is 2.91. The van der Waals surface area contributed by atoms with Gasteiger partial charge in [0.15, 0.2) is 5.69 Å². The zero-order chi connectivity index (χ0) is 25.6. The van der Waals surface area contributed by atoms with Crippen LogP contribution in [0.3, 0.4) is 0 Å².